The number of thiophene rings is 1. The number of nitrogens with zero attached hydrogens (tertiary/aromatic N) is 1. The van der Waals surface area contributed by atoms with Crippen LogP contribution in [0.4, 0.5) is 5.69 Å². The van der Waals surface area contributed by atoms with E-state index >= 15 is 0 Å². The van der Waals surface area contributed by atoms with E-state index in [0.717, 1.165) is 25.1 Å². The van der Waals surface area contributed by atoms with Gasteiger partial charge in [-0.2, -0.15) is 11.3 Å². The van der Waals surface area contributed by atoms with Crippen molar-refractivity contribution in [3.05, 3.63) is 51.7 Å². The van der Waals surface area contributed by atoms with Crippen molar-refractivity contribution >= 4 is 22.8 Å². The molecule has 1 aromatic heterocycles. The highest BCUT2D eigenvalue weighted by atomic mass is 32.1. The summed E-state index contributed by atoms with van der Waals surface area (Å²) in [6, 6.07) is 8.31. The number of Topliss-reactive ketones (excluding diaryl/α,β-unsaturated/α-hetero) is 1. The van der Waals surface area contributed by atoms with Gasteiger partial charge < -0.3 is 4.90 Å². The van der Waals surface area contributed by atoms with Crippen LogP contribution in [0.1, 0.15) is 34.8 Å². The summed E-state index contributed by atoms with van der Waals surface area (Å²) in [5, 5.41) is 4.33. The molecule has 2 aromatic rings. The van der Waals surface area contributed by atoms with Crippen LogP contribution in [-0.4, -0.2) is 12.3 Å². The van der Waals surface area contributed by atoms with E-state index in [1.54, 1.807) is 18.3 Å². The van der Waals surface area contributed by atoms with Crippen molar-refractivity contribution in [2.24, 2.45) is 0 Å². The van der Waals surface area contributed by atoms with Crippen LogP contribution < -0.4 is 4.90 Å². The first kappa shape index (κ1) is 12.4. The summed E-state index contributed by atoms with van der Waals surface area (Å²) in [7, 11) is 0. The second kappa shape index (κ2) is 5.17. The van der Waals surface area contributed by atoms with E-state index in [0.29, 0.717) is 0 Å². The summed E-state index contributed by atoms with van der Waals surface area (Å²) in [6.07, 6.45) is 2.25. The molecule has 3 heteroatoms. The van der Waals surface area contributed by atoms with Gasteiger partial charge in [0.15, 0.2) is 5.78 Å². The molecule has 1 aromatic carbocycles. The Bertz CT molecular complexity index is 589. The number of carbonyl (C=O) groups excluding carboxylic acids is 1. The van der Waals surface area contributed by atoms with Gasteiger partial charge in [-0.1, -0.05) is 0 Å². The topological polar surface area (TPSA) is 20.3 Å². The number of hydrogen-bond donors (Lipinski definition) is 0. The largest absolute Gasteiger partial charge is 0.367 e. The Morgan fingerprint density at radius 2 is 2.26 bits per heavy atom. The van der Waals surface area contributed by atoms with Crippen molar-refractivity contribution < 1.29 is 4.79 Å². The molecular formula is C16H17NOS. The van der Waals surface area contributed by atoms with Crippen LogP contribution in [0, 0.1) is 0 Å². The summed E-state index contributed by atoms with van der Waals surface area (Å²) in [5.41, 5.74) is 4.81. The van der Waals surface area contributed by atoms with Crippen LogP contribution in [0.3, 0.4) is 0 Å². The molecule has 0 fully saturated rings. The number of hydrogen-bond acceptors (Lipinski definition) is 3. The molecule has 0 unspecified atom stereocenters. The first-order valence-corrected chi connectivity index (χ1v) is 7.58. The van der Waals surface area contributed by atoms with Gasteiger partial charge in [-0.25, -0.2) is 0 Å². The minimum Gasteiger partial charge on any atom is -0.367 e. The molecule has 0 saturated carbocycles. The van der Waals surface area contributed by atoms with E-state index in [1.807, 2.05) is 6.07 Å². The lowest BCUT2D eigenvalue weighted by Gasteiger charge is -2.31. The Labute approximate surface area is 117 Å². The van der Waals surface area contributed by atoms with E-state index in [1.165, 1.54) is 23.2 Å². The van der Waals surface area contributed by atoms with Crippen LogP contribution >= 0.6 is 11.3 Å². The van der Waals surface area contributed by atoms with Gasteiger partial charge in [-0.15, -0.1) is 0 Å². The smallest absolute Gasteiger partial charge is 0.159 e. The molecule has 0 N–H and O–H groups in total. The van der Waals surface area contributed by atoms with Crippen molar-refractivity contribution in [3.63, 3.8) is 0 Å². The summed E-state index contributed by atoms with van der Waals surface area (Å²) < 4.78 is 0. The van der Waals surface area contributed by atoms with E-state index in [2.05, 4.69) is 33.9 Å². The lowest BCUT2D eigenvalue weighted by molar-refractivity contribution is 0.101. The summed E-state index contributed by atoms with van der Waals surface area (Å²) in [4.78, 5) is 13.9. The fourth-order valence-electron chi connectivity index (χ4n) is 2.66. The molecule has 2 nitrogen and oxygen atoms in total. The van der Waals surface area contributed by atoms with Crippen molar-refractivity contribution in [2.75, 3.05) is 11.4 Å². The zero-order valence-electron chi connectivity index (χ0n) is 11.1. The van der Waals surface area contributed by atoms with E-state index in [4.69, 9.17) is 0 Å². The second-order valence-electron chi connectivity index (χ2n) is 5.06. The Balaban J connectivity index is 1.89. The Kier molecular flexibility index (Phi) is 3.38. The molecule has 0 bridgehead atoms. The lowest BCUT2D eigenvalue weighted by Crippen LogP contribution is -2.28. The van der Waals surface area contributed by atoms with Crippen LogP contribution in [0.2, 0.25) is 0 Å². The van der Waals surface area contributed by atoms with Gasteiger partial charge in [0.05, 0.1) is 0 Å². The van der Waals surface area contributed by atoms with Gasteiger partial charge >= 0.3 is 0 Å². The molecule has 0 amide bonds. The maximum absolute atomic E-state index is 11.5. The molecule has 3 rings (SSSR count). The fourth-order valence-corrected chi connectivity index (χ4v) is 3.32. The van der Waals surface area contributed by atoms with Gasteiger partial charge in [0.1, 0.15) is 0 Å². The van der Waals surface area contributed by atoms with Gasteiger partial charge in [0, 0.05) is 24.3 Å². The lowest BCUT2D eigenvalue weighted by atomic mass is 9.98. The molecule has 1 aliphatic heterocycles. The highest BCUT2D eigenvalue weighted by Gasteiger charge is 2.18. The Morgan fingerprint density at radius 3 is 3.00 bits per heavy atom. The first-order valence-electron chi connectivity index (χ1n) is 6.64. The maximum Gasteiger partial charge on any atom is 0.159 e. The van der Waals surface area contributed by atoms with Crippen molar-refractivity contribution in [1.29, 1.82) is 0 Å². The van der Waals surface area contributed by atoms with E-state index in [-0.39, 0.29) is 5.78 Å². The number of aryl methyl sites for hydroxylation is 1. The standard InChI is InChI=1S/C16H17NOS/c1-12(18)14-4-5-16-15(9-14)3-2-7-17(16)10-13-6-8-19-11-13/h4-6,8-9,11H,2-3,7,10H2,1H3. The summed E-state index contributed by atoms with van der Waals surface area (Å²) >= 11 is 1.74. The monoisotopic (exact) mass is 271 g/mol. The van der Waals surface area contributed by atoms with Gasteiger partial charge in [0.2, 0.25) is 0 Å². The first-order chi connectivity index (χ1) is 9.24. The average molecular weight is 271 g/mol. The van der Waals surface area contributed by atoms with Crippen LogP contribution in [0.5, 0.6) is 0 Å². The molecule has 0 atom stereocenters. The van der Waals surface area contributed by atoms with Gasteiger partial charge in [-0.3, -0.25) is 4.79 Å². The quantitative estimate of drug-likeness (QED) is 0.789. The van der Waals surface area contributed by atoms with Crippen LogP contribution in [-0.2, 0) is 13.0 Å². The highest BCUT2D eigenvalue weighted by molar-refractivity contribution is 7.07. The van der Waals surface area contributed by atoms with Gasteiger partial charge in [-0.05, 0) is 65.9 Å². The predicted molar refractivity (Wildman–Crippen MR) is 80.1 cm³/mol. The van der Waals surface area contributed by atoms with Crippen LogP contribution in [0.25, 0.3) is 0 Å². The molecule has 0 radical (unpaired) electrons. The third kappa shape index (κ3) is 2.56. The summed E-state index contributed by atoms with van der Waals surface area (Å²) in [6.45, 7) is 3.70. The zero-order valence-corrected chi connectivity index (χ0v) is 11.9. The molecule has 98 valence electrons. The number of anilines is 1. The molecule has 2 heterocycles. The fraction of sp³-hybridized carbons (Fsp3) is 0.312. The summed E-state index contributed by atoms with van der Waals surface area (Å²) in [5.74, 6) is 0.151. The normalized spacial score (nSPS) is 14.3. The number of fused-ring (bicyclic) bond motifs is 1. The molecule has 0 spiro atoms. The van der Waals surface area contributed by atoms with Gasteiger partial charge in [0.25, 0.3) is 0 Å². The van der Waals surface area contributed by atoms with Crippen molar-refractivity contribution in [3.8, 4) is 0 Å². The molecule has 0 aliphatic carbocycles. The number of rotatable bonds is 3. The minimum atomic E-state index is 0.151. The van der Waals surface area contributed by atoms with Crippen molar-refractivity contribution in [2.45, 2.75) is 26.3 Å². The predicted octanol–water partition coefficient (Wildman–Crippen LogP) is 3.90. The molecule has 19 heavy (non-hydrogen) atoms. The third-order valence-electron chi connectivity index (χ3n) is 3.65. The zero-order chi connectivity index (χ0) is 13.2. The van der Waals surface area contributed by atoms with E-state index in [9.17, 15) is 4.79 Å². The third-order valence-corrected chi connectivity index (χ3v) is 4.39. The number of carbonyl (C=O) groups is 1. The molecule has 1 aliphatic rings. The minimum absolute atomic E-state index is 0.151. The SMILES string of the molecule is CC(=O)c1ccc2c(c1)CCCN2Cc1ccsc1. The number of ketones is 1. The number of benzene rings is 1. The Hall–Kier alpha value is -1.61. The highest BCUT2D eigenvalue weighted by Crippen LogP contribution is 2.29. The van der Waals surface area contributed by atoms with E-state index < -0.39 is 0 Å². The Morgan fingerprint density at radius 1 is 1.37 bits per heavy atom. The molecule has 0 saturated heterocycles. The maximum atomic E-state index is 11.5. The van der Waals surface area contributed by atoms with Crippen molar-refractivity contribution in [1.82, 2.24) is 0 Å². The second-order valence-corrected chi connectivity index (χ2v) is 5.84. The average Bonchev–Trinajstić information content (AvgIpc) is 2.91. The molecular weight excluding hydrogens is 254 g/mol. The van der Waals surface area contributed by atoms with Crippen LogP contribution in [0.15, 0.2) is 35.0 Å².